The molecule has 1 unspecified atom stereocenters. The molecule has 0 radical (unpaired) electrons. The summed E-state index contributed by atoms with van der Waals surface area (Å²) in [7, 11) is 0. The Morgan fingerprint density at radius 3 is 0.766 bits per heavy atom. The number of aliphatic hydroxyl groups excluding tert-OH is 1. The molecular formula is C72H138O5. The fourth-order valence-corrected chi connectivity index (χ4v) is 11.2. The first kappa shape index (κ1) is 75.4. The molecule has 0 aromatic carbocycles. The topological polar surface area (TPSA) is 72.8 Å². The van der Waals surface area contributed by atoms with Crippen molar-refractivity contribution >= 4 is 11.9 Å². The lowest BCUT2D eigenvalue weighted by molar-refractivity contribution is -0.161. The predicted octanol–water partition coefficient (Wildman–Crippen LogP) is 24.4. The predicted molar refractivity (Wildman–Crippen MR) is 339 cm³/mol. The van der Waals surface area contributed by atoms with Gasteiger partial charge in [0, 0.05) is 12.8 Å². The largest absolute Gasteiger partial charge is 0.462 e. The van der Waals surface area contributed by atoms with Gasteiger partial charge in [-0.05, 0) is 44.9 Å². The second-order valence-electron chi connectivity index (χ2n) is 24.3. The van der Waals surface area contributed by atoms with Gasteiger partial charge < -0.3 is 14.6 Å². The van der Waals surface area contributed by atoms with Gasteiger partial charge in [0.25, 0.3) is 0 Å². The van der Waals surface area contributed by atoms with E-state index in [1.54, 1.807) is 0 Å². The van der Waals surface area contributed by atoms with Crippen molar-refractivity contribution in [3.63, 3.8) is 0 Å². The zero-order valence-electron chi connectivity index (χ0n) is 52.5. The molecule has 0 aliphatic carbocycles. The smallest absolute Gasteiger partial charge is 0.306 e. The maximum Gasteiger partial charge on any atom is 0.306 e. The Labute approximate surface area is 483 Å². The quantitative estimate of drug-likeness (QED) is 0.0373. The number of allylic oxidation sites excluding steroid dienone is 4. The van der Waals surface area contributed by atoms with Crippen molar-refractivity contribution in [2.75, 3.05) is 13.2 Å². The second kappa shape index (κ2) is 68.7. The third kappa shape index (κ3) is 66.8. The molecule has 0 bridgehead atoms. The third-order valence-corrected chi connectivity index (χ3v) is 16.5. The molecule has 0 rings (SSSR count). The van der Waals surface area contributed by atoms with Crippen molar-refractivity contribution in [1.82, 2.24) is 0 Å². The lowest BCUT2D eigenvalue weighted by atomic mass is 10.0. The molecule has 0 amide bonds. The average molecular weight is 1080 g/mol. The third-order valence-electron chi connectivity index (χ3n) is 16.5. The van der Waals surface area contributed by atoms with Crippen LogP contribution in [0.3, 0.4) is 0 Å². The Balaban J connectivity index is 3.35. The Kier molecular flexibility index (Phi) is 67.2. The van der Waals surface area contributed by atoms with Crippen LogP contribution in [0, 0.1) is 0 Å². The first-order valence-electron chi connectivity index (χ1n) is 35.4. The normalized spacial score (nSPS) is 12.2. The van der Waals surface area contributed by atoms with Crippen molar-refractivity contribution in [1.29, 1.82) is 0 Å². The molecule has 0 aromatic rings. The van der Waals surface area contributed by atoms with Gasteiger partial charge in [-0.1, -0.05) is 372 Å². The van der Waals surface area contributed by atoms with Gasteiger partial charge in [-0.2, -0.15) is 0 Å². The Morgan fingerprint density at radius 2 is 0.519 bits per heavy atom. The number of carbonyl (C=O) groups is 2. The summed E-state index contributed by atoms with van der Waals surface area (Å²) in [5.74, 6) is -0.562. The molecule has 1 atom stereocenters. The zero-order valence-corrected chi connectivity index (χ0v) is 52.5. The van der Waals surface area contributed by atoms with Gasteiger partial charge in [0.15, 0.2) is 6.10 Å². The molecule has 5 heteroatoms. The number of ether oxygens (including phenoxy) is 2. The van der Waals surface area contributed by atoms with Crippen LogP contribution in [-0.2, 0) is 19.1 Å². The van der Waals surface area contributed by atoms with Crippen LogP contribution in [0.5, 0.6) is 0 Å². The molecule has 0 aliphatic heterocycles. The van der Waals surface area contributed by atoms with Gasteiger partial charge in [-0.25, -0.2) is 0 Å². The molecule has 0 saturated heterocycles. The molecule has 0 fully saturated rings. The van der Waals surface area contributed by atoms with Crippen LogP contribution < -0.4 is 0 Å². The molecule has 0 saturated carbocycles. The monoisotopic (exact) mass is 1080 g/mol. The lowest BCUT2D eigenvalue weighted by Gasteiger charge is -2.15. The molecule has 0 spiro atoms. The summed E-state index contributed by atoms with van der Waals surface area (Å²) >= 11 is 0. The van der Waals surface area contributed by atoms with Crippen LogP contribution >= 0.6 is 0 Å². The van der Waals surface area contributed by atoms with E-state index in [1.807, 2.05) is 0 Å². The van der Waals surface area contributed by atoms with Crippen LogP contribution in [-0.4, -0.2) is 36.4 Å². The van der Waals surface area contributed by atoms with Crippen molar-refractivity contribution in [3.8, 4) is 0 Å². The highest BCUT2D eigenvalue weighted by atomic mass is 16.6. The number of unbranched alkanes of at least 4 members (excludes halogenated alkanes) is 55. The summed E-state index contributed by atoms with van der Waals surface area (Å²) < 4.78 is 10.8. The Hall–Kier alpha value is -1.62. The van der Waals surface area contributed by atoms with Crippen LogP contribution in [0.2, 0.25) is 0 Å². The van der Waals surface area contributed by atoms with E-state index in [9.17, 15) is 14.7 Å². The van der Waals surface area contributed by atoms with Crippen LogP contribution in [0.25, 0.3) is 0 Å². The minimum absolute atomic E-state index is 0.0568. The number of hydrogen-bond donors (Lipinski definition) is 1. The lowest BCUT2D eigenvalue weighted by Crippen LogP contribution is -2.28. The number of hydrogen-bond acceptors (Lipinski definition) is 5. The van der Waals surface area contributed by atoms with Gasteiger partial charge in [-0.3, -0.25) is 9.59 Å². The molecular weight excluding hydrogens is 945 g/mol. The van der Waals surface area contributed by atoms with E-state index in [2.05, 4.69) is 38.2 Å². The van der Waals surface area contributed by atoms with Gasteiger partial charge in [0.2, 0.25) is 0 Å². The first-order valence-corrected chi connectivity index (χ1v) is 35.4. The highest BCUT2D eigenvalue weighted by Gasteiger charge is 2.16. The molecule has 0 aliphatic rings. The first-order chi connectivity index (χ1) is 38.1. The van der Waals surface area contributed by atoms with E-state index in [0.29, 0.717) is 12.8 Å². The maximum absolute atomic E-state index is 12.4. The molecule has 1 N–H and O–H groups in total. The average Bonchev–Trinajstić information content (AvgIpc) is 3.43. The number of aliphatic hydroxyl groups is 1. The fraction of sp³-hybridized carbons (Fsp3) is 0.917. The van der Waals surface area contributed by atoms with Gasteiger partial charge in [0.1, 0.15) is 6.61 Å². The van der Waals surface area contributed by atoms with E-state index in [0.717, 1.165) is 38.5 Å². The SMILES string of the molecule is CCCCCCC/C=C\C/C=C\CCCCCCCCCCCCCCCCCCCCCCCCCCCCCCCC(=O)OC(CO)COC(=O)CCCCCCCCCCCCCCCCCCCCCCCC. The Morgan fingerprint density at radius 1 is 0.299 bits per heavy atom. The zero-order chi connectivity index (χ0) is 55.5. The van der Waals surface area contributed by atoms with E-state index in [4.69, 9.17) is 9.47 Å². The van der Waals surface area contributed by atoms with E-state index in [1.165, 1.54) is 340 Å². The molecule has 456 valence electrons. The van der Waals surface area contributed by atoms with Crippen molar-refractivity contribution in [2.45, 2.75) is 412 Å². The summed E-state index contributed by atoms with van der Waals surface area (Å²) in [5.41, 5.74) is 0. The van der Waals surface area contributed by atoms with Crippen molar-refractivity contribution in [3.05, 3.63) is 24.3 Å². The summed E-state index contributed by atoms with van der Waals surface area (Å²) in [6.45, 7) is 4.20. The van der Waals surface area contributed by atoms with E-state index >= 15 is 0 Å². The molecule has 5 nitrogen and oxygen atoms in total. The highest BCUT2D eigenvalue weighted by molar-refractivity contribution is 5.70. The molecule has 0 aromatic heterocycles. The minimum atomic E-state index is -0.767. The van der Waals surface area contributed by atoms with E-state index in [-0.39, 0.29) is 25.2 Å². The number of carbonyl (C=O) groups excluding carboxylic acids is 2. The molecule has 0 heterocycles. The van der Waals surface area contributed by atoms with Crippen molar-refractivity contribution in [2.24, 2.45) is 0 Å². The summed E-state index contributed by atoms with van der Waals surface area (Å²) in [4.78, 5) is 24.6. The minimum Gasteiger partial charge on any atom is -0.462 e. The standard InChI is InChI=1S/C72H138O5/c1-3-5-7-9-11-13-15-17-19-21-23-25-27-28-29-30-31-32-33-34-35-36-37-38-39-40-41-42-43-44-45-47-49-51-53-55-57-59-61-63-65-67-72(75)77-70(68-73)69-76-71(74)66-64-62-60-58-56-54-52-50-48-46-26-24-22-20-18-16-14-12-10-8-6-4-2/h15,17,21,23,70,73H,3-14,16,18-20,22,24-69H2,1-2H3/b17-15-,23-21-. The van der Waals surface area contributed by atoms with Crippen molar-refractivity contribution < 1.29 is 24.2 Å². The number of rotatable bonds is 67. The van der Waals surface area contributed by atoms with Gasteiger partial charge in [0.05, 0.1) is 6.61 Å². The fourth-order valence-electron chi connectivity index (χ4n) is 11.2. The summed E-state index contributed by atoms with van der Waals surface area (Å²) in [6.07, 6.45) is 89.5. The second-order valence-corrected chi connectivity index (χ2v) is 24.3. The summed E-state index contributed by atoms with van der Waals surface area (Å²) in [5, 5.41) is 9.69. The Bertz CT molecular complexity index is 1180. The van der Waals surface area contributed by atoms with Gasteiger partial charge in [-0.15, -0.1) is 0 Å². The maximum atomic E-state index is 12.4. The van der Waals surface area contributed by atoms with Crippen LogP contribution in [0.15, 0.2) is 24.3 Å². The van der Waals surface area contributed by atoms with Crippen LogP contribution in [0.1, 0.15) is 406 Å². The number of esters is 2. The van der Waals surface area contributed by atoms with Gasteiger partial charge >= 0.3 is 11.9 Å². The highest BCUT2D eigenvalue weighted by Crippen LogP contribution is 2.19. The molecule has 77 heavy (non-hydrogen) atoms. The summed E-state index contributed by atoms with van der Waals surface area (Å²) in [6, 6.07) is 0. The van der Waals surface area contributed by atoms with E-state index < -0.39 is 6.10 Å². The van der Waals surface area contributed by atoms with Crippen LogP contribution in [0.4, 0.5) is 0 Å².